The highest BCUT2D eigenvalue weighted by Crippen LogP contribution is 2.26. The number of hydrogen-bond acceptors (Lipinski definition) is 5. The van der Waals surface area contributed by atoms with Crippen LogP contribution in [0, 0.1) is 6.92 Å². The van der Waals surface area contributed by atoms with Crippen molar-refractivity contribution in [2.45, 2.75) is 18.7 Å². The Kier molecular flexibility index (Phi) is 6.90. The molecule has 0 atom stereocenters. The lowest BCUT2D eigenvalue weighted by atomic mass is 10.2. The Morgan fingerprint density at radius 1 is 1.06 bits per heavy atom. The van der Waals surface area contributed by atoms with Gasteiger partial charge in [0, 0.05) is 5.02 Å². The second kappa shape index (κ2) is 9.99. The number of carbonyl (C=O) groups is 1. The van der Waals surface area contributed by atoms with E-state index in [4.69, 9.17) is 16.4 Å². The largest absolute Gasteiger partial charge is 0.272 e. The summed E-state index contributed by atoms with van der Waals surface area (Å²) in [5.74, 6) is -0.304. The zero-order valence-corrected chi connectivity index (χ0v) is 18.8. The fourth-order valence-electron chi connectivity index (χ4n) is 3.19. The Labute approximate surface area is 194 Å². The molecule has 0 radical (unpaired) electrons. The average molecular weight is 466 g/mol. The van der Waals surface area contributed by atoms with E-state index in [-0.39, 0.29) is 23.8 Å². The summed E-state index contributed by atoms with van der Waals surface area (Å²) in [5.41, 5.74) is 5.12. The molecule has 0 unspecified atom stereocenters. The maximum absolute atomic E-state index is 13.3. The molecular weight excluding hydrogens is 446 g/mol. The number of rotatable bonds is 7. The van der Waals surface area contributed by atoms with E-state index in [1.807, 2.05) is 49.4 Å². The third-order valence-corrected chi connectivity index (χ3v) is 6.17. The number of halogens is 1. The van der Waals surface area contributed by atoms with Gasteiger partial charge in [0.1, 0.15) is 0 Å². The standard InChI is InChI=1S/C24H20ClN3O3S/c1-16-19(25)11-7-13-21(16)28-23(30)18-10-5-6-12-20(18)26-24(28)32-15-22(29)27-31-14-17-8-3-2-4-9-17/h2-13H,14-15H2,1H3,(H,27,29). The quantitative estimate of drug-likeness (QED) is 0.243. The number of carbonyl (C=O) groups excluding carboxylic acids is 1. The highest BCUT2D eigenvalue weighted by atomic mass is 35.5. The van der Waals surface area contributed by atoms with Gasteiger partial charge in [0.25, 0.3) is 11.5 Å². The van der Waals surface area contributed by atoms with Crippen LogP contribution in [0.25, 0.3) is 16.6 Å². The van der Waals surface area contributed by atoms with Crippen LogP contribution in [0.5, 0.6) is 0 Å². The van der Waals surface area contributed by atoms with Crippen LogP contribution in [0.15, 0.2) is 82.7 Å². The van der Waals surface area contributed by atoms with Gasteiger partial charge in [-0.3, -0.25) is 19.0 Å². The minimum Gasteiger partial charge on any atom is -0.272 e. The molecule has 8 heteroatoms. The SMILES string of the molecule is Cc1c(Cl)cccc1-n1c(SCC(=O)NOCc2ccccc2)nc2ccccc2c1=O. The van der Waals surface area contributed by atoms with E-state index >= 15 is 0 Å². The first-order valence-electron chi connectivity index (χ1n) is 9.89. The number of aromatic nitrogens is 2. The summed E-state index contributed by atoms with van der Waals surface area (Å²) in [7, 11) is 0. The second-order valence-corrected chi connectivity index (χ2v) is 8.37. The van der Waals surface area contributed by atoms with Gasteiger partial charge in [-0.2, -0.15) is 0 Å². The minimum atomic E-state index is -0.331. The smallest absolute Gasteiger partial charge is 0.266 e. The molecule has 0 saturated carbocycles. The van der Waals surface area contributed by atoms with Crippen molar-refractivity contribution in [3.8, 4) is 5.69 Å². The zero-order chi connectivity index (χ0) is 22.5. The van der Waals surface area contributed by atoms with E-state index in [0.717, 1.165) is 22.9 Å². The fraction of sp³-hybridized carbons (Fsp3) is 0.125. The molecule has 3 aromatic carbocycles. The molecule has 1 amide bonds. The number of nitrogens with zero attached hydrogens (tertiary/aromatic N) is 2. The molecule has 4 rings (SSSR count). The maximum atomic E-state index is 13.3. The van der Waals surface area contributed by atoms with Crippen LogP contribution in [0.1, 0.15) is 11.1 Å². The molecule has 0 aliphatic rings. The van der Waals surface area contributed by atoms with E-state index in [1.54, 1.807) is 30.3 Å². The van der Waals surface area contributed by atoms with Crippen LogP contribution in [-0.2, 0) is 16.2 Å². The molecule has 1 N–H and O–H groups in total. The maximum Gasteiger partial charge on any atom is 0.266 e. The molecule has 162 valence electrons. The van der Waals surface area contributed by atoms with Crippen LogP contribution in [0.2, 0.25) is 5.02 Å². The van der Waals surface area contributed by atoms with Crippen LogP contribution >= 0.6 is 23.4 Å². The first kappa shape index (κ1) is 22.1. The predicted molar refractivity (Wildman–Crippen MR) is 127 cm³/mol. The zero-order valence-electron chi connectivity index (χ0n) is 17.2. The first-order valence-corrected chi connectivity index (χ1v) is 11.3. The number of thioether (sulfide) groups is 1. The molecule has 1 aromatic heterocycles. The molecule has 6 nitrogen and oxygen atoms in total. The van der Waals surface area contributed by atoms with Crippen molar-refractivity contribution in [2.75, 3.05) is 5.75 Å². The Bertz CT molecular complexity index is 1330. The molecule has 0 bridgehead atoms. The highest BCUT2D eigenvalue weighted by molar-refractivity contribution is 7.99. The van der Waals surface area contributed by atoms with Crippen molar-refractivity contribution in [1.82, 2.24) is 15.0 Å². The van der Waals surface area contributed by atoms with Crippen LogP contribution in [0.3, 0.4) is 0 Å². The lowest BCUT2D eigenvalue weighted by Gasteiger charge is -2.15. The third kappa shape index (κ3) is 4.85. The van der Waals surface area contributed by atoms with E-state index in [9.17, 15) is 9.59 Å². The number of fused-ring (bicyclic) bond motifs is 1. The molecule has 0 aliphatic carbocycles. The average Bonchev–Trinajstić information content (AvgIpc) is 2.81. The van der Waals surface area contributed by atoms with Gasteiger partial charge in [0.2, 0.25) is 0 Å². The monoisotopic (exact) mass is 465 g/mol. The van der Waals surface area contributed by atoms with E-state index in [0.29, 0.717) is 26.8 Å². The molecular formula is C24H20ClN3O3S. The lowest BCUT2D eigenvalue weighted by Crippen LogP contribution is -2.27. The van der Waals surface area contributed by atoms with E-state index in [2.05, 4.69) is 10.5 Å². The van der Waals surface area contributed by atoms with E-state index < -0.39 is 0 Å². The first-order chi connectivity index (χ1) is 15.5. The van der Waals surface area contributed by atoms with Crippen LogP contribution in [0.4, 0.5) is 0 Å². The molecule has 32 heavy (non-hydrogen) atoms. The number of hydrogen-bond donors (Lipinski definition) is 1. The van der Waals surface area contributed by atoms with Gasteiger partial charge < -0.3 is 0 Å². The molecule has 4 aromatic rings. The Morgan fingerprint density at radius 3 is 2.62 bits per heavy atom. The highest BCUT2D eigenvalue weighted by Gasteiger charge is 2.17. The van der Waals surface area contributed by atoms with Crippen molar-refractivity contribution in [3.05, 3.63) is 99.3 Å². The summed E-state index contributed by atoms with van der Waals surface area (Å²) in [5, 5.41) is 1.44. The van der Waals surface area contributed by atoms with Gasteiger partial charge in [-0.25, -0.2) is 10.5 Å². The van der Waals surface area contributed by atoms with Gasteiger partial charge in [-0.1, -0.05) is 71.9 Å². The summed E-state index contributed by atoms with van der Waals surface area (Å²) in [4.78, 5) is 35.6. The number of nitrogens with one attached hydrogen (secondary N) is 1. The third-order valence-electron chi connectivity index (χ3n) is 4.82. The second-order valence-electron chi connectivity index (χ2n) is 7.02. The minimum absolute atomic E-state index is 0.0270. The molecule has 0 saturated heterocycles. The number of para-hydroxylation sites is 1. The Morgan fingerprint density at radius 2 is 1.81 bits per heavy atom. The summed E-state index contributed by atoms with van der Waals surface area (Å²) in [6, 6.07) is 22.0. The Balaban J connectivity index is 1.58. The predicted octanol–water partition coefficient (Wildman–Crippen LogP) is 4.69. The number of hydroxylamine groups is 1. The van der Waals surface area contributed by atoms with Crippen molar-refractivity contribution < 1.29 is 9.63 Å². The summed E-state index contributed by atoms with van der Waals surface area (Å²) in [6.07, 6.45) is 0. The van der Waals surface area contributed by atoms with Gasteiger partial charge in [0.15, 0.2) is 5.16 Å². The van der Waals surface area contributed by atoms with Crippen molar-refractivity contribution in [2.24, 2.45) is 0 Å². The molecule has 0 fully saturated rings. The number of amides is 1. The fourth-order valence-corrected chi connectivity index (χ4v) is 4.16. The van der Waals surface area contributed by atoms with Gasteiger partial charge in [-0.05, 0) is 42.3 Å². The molecule has 0 aliphatic heterocycles. The lowest BCUT2D eigenvalue weighted by molar-refractivity contribution is -0.131. The summed E-state index contributed by atoms with van der Waals surface area (Å²) in [6.45, 7) is 2.11. The van der Waals surface area contributed by atoms with Gasteiger partial charge in [0.05, 0.1) is 29.0 Å². The summed E-state index contributed by atoms with van der Waals surface area (Å²) >= 11 is 7.46. The Hall–Kier alpha value is -3.13. The summed E-state index contributed by atoms with van der Waals surface area (Å²) < 4.78 is 1.51. The van der Waals surface area contributed by atoms with Crippen LogP contribution in [-0.4, -0.2) is 21.2 Å². The van der Waals surface area contributed by atoms with Crippen molar-refractivity contribution >= 4 is 40.2 Å². The molecule has 1 heterocycles. The van der Waals surface area contributed by atoms with Crippen LogP contribution < -0.4 is 11.0 Å². The van der Waals surface area contributed by atoms with Gasteiger partial charge >= 0.3 is 0 Å². The van der Waals surface area contributed by atoms with Gasteiger partial charge in [-0.15, -0.1) is 0 Å². The molecule has 0 spiro atoms. The van der Waals surface area contributed by atoms with E-state index in [1.165, 1.54) is 4.57 Å². The van der Waals surface area contributed by atoms with Crippen molar-refractivity contribution in [1.29, 1.82) is 0 Å². The number of benzene rings is 3. The topological polar surface area (TPSA) is 73.2 Å². The van der Waals surface area contributed by atoms with Crippen molar-refractivity contribution in [3.63, 3.8) is 0 Å². The normalized spacial score (nSPS) is 10.9.